The maximum absolute atomic E-state index is 12.7. The molecule has 5 nitrogen and oxygen atoms in total. The first-order valence-electron chi connectivity index (χ1n) is 10.8. The number of aliphatic hydroxyl groups excluding tert-OH is 1. The fourth-order valence-corrected chi connectivity index (χ4v) is 4.50. The van der Waals surface area contributed by atoms with Gasteiger partial charge in [0.05, 0.1) is 6.54 Å². The number of hydrogen-bond acceptors (Lipinski definition) is 3. The van der Waals surface area contributed by atoms with Crippen molar-refractivity contribution in [2.75, 3.05) is 26.7 Å². The van der Waals surface area contributed by atoms with E-state index in [4.69, 9.17) is 27.9 Å². The van der Waals surface area contributed by atoms with E-state index in [2.05, 4.69) is 29.6 Å². The third-order valence-corrected chi connectivity index (χ3v) is 6.05. The summed E-state index contributed by atoms with van der Waals surface area (Å²) in [6, 6.07) is 15.0. The molecule has 0 spiro atoms. The molecule has 0 bridgehead atoms. The summed E-state index contributed by atoms with van der Waals surface area (Å²) in [6.45, 7) is 0.714. The molecule has 0 radical (unpaired) electrons. The summed E-state index contributed by atoms with van der Waals surface area (Å²) in [5, 5.41) is 14.3. The first-order chi connectivity index (χ1) is 15.3. The molecular formula is C25H30Cl2N2O3. The predicted octanol–water partition coefficient (Wildman–Crippen LogP) is 5.34. The molecule has 1 aliphatic rings. The van der Waals surface area contributed by atoms with Crippen LogP contribution in [0.2, 0.25) is 10.0 Å². The molecule has 2 unspecified atom stereocenters. The Morgan fingerprint density at radius 1 is 1.22 bits per heavy atom. The molecule has 2 N–H and O–H groups in total. The summed E-state index contributed by atoms with van der Waals surface area (Å²) in [5.74, 6) is 0.473. The summed E-state index contributed by atoms with van der Waals surface area (Å²) in [5.41, 5.74) is 1.17. The van der Waals surface area contributed by atoms with Crippen molar-refractivity contribution >= 4 is 29.2 Å². The van der Waals surface area contributed by atoms with E-state index in [1.807, 2.05) is 18.2 Å². The molecule has 172 valence electrons. The summed E-state index contributed by atoms with van der Waals surface area (Å²) >= 11 is 11.9. The van der Waals surface area contributed by atoms with Gasteiger partial charge in [0.15, 0.2) is 0 Å². The number of nitrogens with zero attached hydrogens (tertiary/aromatic N) is 1. The van der Waals surface area contributed by atoms with Gasteiger partial charge in [-0.1, -0.05) is 65.7 Å². The highest BCUT2D eigenvalue weighted by molar-refractivity contribution is 6.34. The van der Waals surface area contributed by atoms with Crippen LogP contribution in [0.25, 0.3) is 0 Å². The van der Waals surface area contributed by atoms with Gasteiger partial charge in [0, 0.05) is 29.1 Å². The normalized spacial score (nSPS) is 18.8. The number of carbonyl (C=O) groups excluding carboxylic acids is 1. The Labute approximate surface area is 200 Å². The Morgan fingerprint density at radius 3 is 2.59 bits per heavy atom. The van der Waals surface area contributed by atoms with E-state index in [0.717, 1.165) is 25.7 Å². The molecule has 2 aromatic rings. The average Bonchev–Trinajstić information content (AvgIpc) is 2.77. The number of amides is 2. The SMILES string of the molecule is CN(CC(O)COc1cc(Cl)cc(Cl)c1)C(=O)NCC1(Cc2ccccc2)C=CCCC1. The monoisotopic (exact) mass is 476 g/mol. The van der Waals surface area contributed by atoms with E-state index in [1.165, 1.54) is 10.5 Å². The van der Waals surface area contributed by atoms with Crippen molar-refractivity contribution in [3.8, 4) is 5.75 Å². The van der Waals surface area contributed by atoms with Crippen molar-refractivity contribution in [2.45, 2.75) is 31.8 Å². The van der Waals surface area contributed by atoms with E-state index in [-0.39, 0.29) is 24.6 Å². The van der Waals surface area contributed by atoms with Gasteiger partial charge < -0.3 is 20.1 Å². The van der Waals surface area contributed by atoms with Crippen molar-refractivity contribution < 1.29 is 14.6 Å². The fourth-order valence-electron chi connectivity index (χ4n) is 3.99. The summed E-state index contributed by atoms with van der Waals surface area (Å²) in [4.78, 5) is 14.2. The molecule has 0 aromatic heterocycles. The van der Waals surface area contributed by atoms with Gasteiger partial charge >= 0.3 is 6.03 Å². The van der Waals surface area contributed by atoms with Crippen LogP contribution in [0.4, 0.5) is 4.79 Å². The second kappa shape index (κ2) is 11.6. The number of halogens is 2. The van der Waals surface area contributed by atoms with Gasteiger partial charge in [-0.15, -0.1) is 0 Å². The van der Waals surface area contributed by atoms with Crippen molar-refractivity contribution in [2.24, 2.45) is 5.41 Å². The van der Waals surface area contributed by atoms with E-state index >= 15 is 0 Å². The van der Waals surface area contributed by atoms with Crippen LogP contribution in [0, 0.1) is 5.41 Å². The topological polar surface area (TPSA) is 61.8 Å². The highest BCUT2D eigenvalue weighted by atomic mass is 35.5. The molecule has 2 amide bonds. The summed E-state index contributed by atoms with van der Waals surface area (Å²) in [7, 11) is 1.66. The van der Waals surface area contributed by atoms with Gasteiger partial charge in [-0.05, 0) is 49.4 Å². The highest BCUT2D eigenvalue weighted by Gasteiger charge is 2.30. The minimum Gasteiger partial charge on any atom is -0.491 e. The number of likely N-dealkylation sites (N-methyl/N-ethyl adjacent to an activating group) is 1. The molecule has 2 atom stereocenters. The number of rotatable bonds is 9. The van der Waals surface area contributed by atoms with Gasteiger partial charge in [-0.25, -0.2) is 4.79 Å². The van der Waals surface area contributed by atoms with Gasteiger partial charge in [0.25, 0.3) is 0 Å². The Bertz CT molecular complexity index is 902. The van der Waals surface area contributed by atoms with E-state index in [0.29, 0.717) is 22.3 Å². The number of ether oxygens (including phenoxy) is 1. The van der Waals surface area contributed by atoms with Crippen LogP contribution in [0.15, 0.2) is 60.7 Å². The lowest BCUT2D eigenvalue weighted by Crippen LogP contribution is -2.46. The van der Waals surface area contributed by atoms with Crippen LogP contribution in [0.5, 0.6) is 5.75 Å². The number of urea groups is 1. The number of allylic oxidation sites excluding steroid dienone is 1. The molecule has 0 saturated carbocycles. The molecule has 0 aliphatic heterocycles. The van der Waals surface area contributed by atoms with Crippen LogP contribution >= 0.6 is 23.2 Å². The zero-order chi connectivity index (χ0) is 23.0. The number of carbonyl (C=O) groups is 1. The smallest absolute Gasteiger partial charge is 0.317 e. The molecular weight excluding hydrogens is 447 g/mol. The van der Waals surface area contributed by atoms with Crippen molar-refractivity contribution in [3.05, 3.63) is 76.3 Å². The quantitative estimate of drug-likeness (QED) is 0.479. The van der Waals surface area contributed by atoms with E-state index in [1.54, 1.807) is 25.2 Å². The first kappa shape index (κ1) is 24.4. The maximum atomic E-state index is 12.7. The van der Waals surface area contributed by atoms with Crippen LogP contribution in [-0.4, -0.2) is 48.9 Å². The minimum absolute atomic E-state index is 0.0228. The summed E-state index contributed by atoms with van der Waals surface area (Å²) < 4.78 is 5.56. The number of nitrogens with one attached hydrogen (secondary N) is 1. The highest BCUT2D eigenvalue weighted by Crippen LogP contribution is 2.34. The van der Waals surface area contributed by atoms with Crippen LogP contribution in [-0.2, 0) is 6.42 Å². The number of hydrogen-bond donors (Lipinski definition) is 2. The van der Waals surface area contributed by atoms with Gasteiger partial charge in [-0.3, -0.25) is 0 Å². The molecule has 7 heteroatoms. The van der Waals surface area contributed by atoms with E-state index < -0.39 is 6.10 Å². The average molecular weight is 477 g/mol. The van der Waals surface area contributed by atoms with Crippen molar-refractivity contribution in [1.29, 1.82) is 0 Å². The van der Waals surface area contributed by atoms with Gasteiger partial charge in [0.2, 0.25) is 0 Å². The second-order valence-corrected chi connectivity index (χ2v) is 9.30. The van der Waals surface area contributed by atoms with Gasteiger partial charge in [0.1, 0.15) is 18.5 Å². The standard InChI is InChI=1S/C25H30Cl2N2O3/c1-29(16-22(30)17-32-23-13-20(26)12-21(27)14-23)24(31)28-18-25(10-6-3-7-11-25)15-19-8-4-2-5-9-19/h2,4-6,8-10,12-14,22,30H,3,7,11,15-18H2,1H3,(H,28,31). The Hall–Kier alpha value is -2.21. The first-order valence-corrected chi connectivity index (χ1v) is 11.6. The Kier molecular flexibility index (Phi) is 8.85. The van der Waals surface area contributed by atoms with Crippen LogP contribution < -0.4 is 10.1 Å². The zero-order valence-corrected chi connectivity index (χ0v) is 19.8. The molecule has 2 aromatic carbocycles. The molecule has 0 fully saturated rings. The van der Waals surface area contributed by atoms with Crippen LogP contribution in [0.1, 0.15) is 24.8 Å². The lowest BCUT2D eigenvalue weighted by atomic mass is 9.74. The van der Waals surface area contributed by atoms with Crippen molar-refractivity contribution in [3.63, 3.8) is 0 Å². The fraction of sp³-hybridized carbons (Fsp3) is 0.400. The van der Waals surface area contributed by atoms with Crippen molar-refractivity contribution in [1.82, 2.24) is 10.2 Å². The largest absolute Gasteiger partial charge is 0.491 e. The molecule has 0 saturated heterocycles. The predicted molar refractivity (Wildman–Crippen MR) is 130 cm³/mol. The van der Waals surface area contributed by atoms with Crippen LogP contribution in [0.3, 0.4) is 0 Å². The number of benzene rings is 2. The molecule has 0 heterocycles. The van der Waals surface area contributed by atoms with Gasteiger partial charge in [-0.2, -0.15) is 0 Å². The third kappa shape index (κ3) is 7.44. The Morgan fingerprint density at radius 2 is 1.94 bits per heavy atom. The second-order valence-electron chi connectivity index (χ2n) is 8.43. The molecule has 1 aliphatic carbocycles. The van der Waals surface area contributed by atoms with E-state index in [9.17, 15) is 9.90 Å². The zero-order valence-electron chi connectivity index (χ0n) is 18.3. The number of aliphatic hydroxyl groups is 1. The minimum atomic E-state index is -0.851. The third-order valence-electron chi connectivity index (χ3n) is 5.62. The molecule has 32 heavy (non-hydrogen) atoms. The maximum Gasteiger partial charge on any atom is 0.317 e. The Balaban J connectivity index is 1.50. The lowest BCUT2D eigenvalue weighted by molar-refractivity contribution is 0.0826. The lowest BCUT2D eigenvalue weighted by Gasteiger charge is -2.34. The summed E-state index contributed by atoms with van der Waals surface area (Å²) in [6.07, 6.45) is 7.71. The molecule has 3 rings (SSSR count).